The van der Waals surface area contributed by atoms with Gasteiger partial charge < -0.3 is 14.4 Å². The number of hydrogen-bond donors (Lipinski definition) is 1. The Bertz CT molecular complexity index is 2320. The molecule has 54 heavy (non-hydrogen) atoms. The van der Waals surface area contributed by atoms with Gasteiger partial charge in [0.2, 0.25) is 0 Å². The third-order valence-corrected chi connectivity index (χ3v) is 9.66. The van der Waals surface area contributed by atoms with Gasteiger partial charge in [-0.15, -0.1) is 0 Å². The lowest BCUT2D eigenvalue weighted by Gasteiger charge is -2.32. The second kappa shape index (κ2) is 18.5. The first-order chi connectivity index (χ1) is 25.7. The normalized spacial score (nSPS) is 13.7. The maximum atomic E-state index is 11.3. The van der Waals surface area contributed by atoms with Gasteiger partial charge in [-0.25, -0.2) is 9.97 Å². The molecular weight excluding hydrogens is 748 g/mol. The fourth-order valence-electron chi connectivity index (χ4n) is 5.17. The lowest BCUT2D eigenvalue weighted by atomic mass is 9.78. The van der Waals surface area contributed by atoms with E-state index in [2.05, 4.69) is 47.6 Å². The molecule has 1 fully saturated rings. The molecule has 7 rings (SSSR count). The summed E-state index contributed by atoms with van der Waals surface area (Å²) >= 11 is 17.9. The summed E-state index contributed by atoms with van der Waals surface area (Å²) in [5.41, 5.74) is 5.90. The number of aldehydes is 2. The van der Waals surface area contributed by atoms with Gasteiger partial charge >= 0.3 is 7.12 Å². The Morgan fingerprint density at radius 2 is 1.26 bits per heavy atom. The molecule has 0 unspecified atom stereocenters. The van der Waals surface area contributed by atoms with Crippen LogP contribution in [-0.4, -0.2) is 62.5 Å². The van der Waals surface area contributed by atoms with Crippen molar-refractivity contribution in [1.82, 2.24) is 19.9 Å². The van der Waals surface area contributed by atoms with Crippen molar-refractivity contribution in [3.05, 3.63) is 123 Å². The summed E-state index contributed by atoms with van der Waals surface area (Å²) in [4.78, 5) is 39.1. The van der Waals surface area contributed by atoms with Crippen LogP contribution in [0.1, 0.15) is 59.8 Å². The first-order valence-electron chi connectivity index (χ1n) is 16.6. The molecule has 0 atom stereocenters. The zero-order valence-corrected chi connectivity index (χ0v) is 32.7. The predicted octanol–water partition coefficient (Wildman–Crippen LogP) is 8.62. The smallest absolute Gasteiger partial charge is 0.399 e. The van der Waals surface area contributed by atoms with E-state index in [4.69, 9.17) is 54.5 Å². The number of pyridine rings is 4. The third-order valence-electron chi connectivity index (χ3n) is 8.74. The highest BCUT2D eigenvalue weighted by molar-refractivity contribution is 6.62. The summed E-state index contributed by atoms with van der Waals surface area (Å²) < 4.78 is 11.9. The van der Waals surface area contributed by atoms with Gasteiger partial charge in [0.15, 0.2) is 12.6 Å². The highest BCUT2D eigenvalue weighted by atomic mass is 35.5. The number of rotatable bonds is 4. The van der Waals surface area contributed by atoms with Gasteiger partial charge in [-0.2, -0.15) is 5.26 Å². The Balaban J connectivity index is 0.000000174. The van der Waals surface area contributed by atoms with E-state index < -0.39 is 0 Å². The molecule has 0 amide bonds. The van der Waals surface area contributed by atoms with E-state index in [1.165, 1.54) is 6.07 Å². The number of fused-ring (bicyclic) bond motifs is 2. The molecule has 0 radical (unpaired) electrons. The molecule has 5 heterocycles. The summed E-state index contributed by atoms with van der Waals surface area (Å²) in [7, 11) is -0.307. The molecule has 0 aliphatic carbocycles. The Labute approximate surface area is 329 Å². The molecule has 1 aliphatic rings. The molecular formula is C40H37BCl3N5O5. The van der Waals surface area contributed by atoms with Gasteiger partial charge in [-0.1, -0.05) is 65.1 Å². The van der Waals surface area contributed by atoms with Gasteiger partial charge in [0.1, 0.15) is 11.8 Å². The van der Waals surface area contributed by atoms with Crippen LogP contribution < -0.4 is 5.46 Å². The topological polar surface area (TPSA) is 148 Å². The second-order valence-electron chi connectivity index (χ2n) is 12.9. The molecule has 10 nitrogen and oxygen atoms in total. The first kappa shape index (κ1) is 42.0. The Morgan fingerprint density at radius 3 is 1.76 bits per heavy atom. The van der Waals surface area contributed by atoms with Crippen LogP contribution in [0, 0.1) is 25.2 Å². The summed E-state index contributed by atoms with van der Waals surface area (Å²) in [5.74, 6) is 0. The van der Waals surface area contributed by atoms with Gasteiger partial charge in [-0.05, 0) is 84.0 Å². The Hall–Kier alpha value is -4.80. The lowest BCUT2D eigenvalue weighted by Crippen LogP contribution is -2.41. The number of para-hydroxylation sites is 2. The second-order valence-corrected chi connectivity index (χ2v) is 14.0. The number of carbonyl (C=O) groups excluding carboxylic acids is 2. The van der Waals surface area contributed by atoms with E-state index in [0.717, 1.165) is 39.5 Å². The lowest BCUT2D eigenvalue weighted by molar-refractivity contribution is 0.00578. The van der Waals surface area contributed by atoms with Crippen LogP contribution in [0.2, 0.25) is 15.2 Å². The van der Waals surface area contributed by atoms with Crippen LogP contribution in [0.25, 0.3) is 33.1 Å². The van der Waals surface area contributed by atoms with Gasteiger partial charge in [0.05, 0.1) is 49.6 Å². The number of aliphatic hydroxyl groups is 1. The zero-order valence-electron chi connectivity index (χ0n) is 30.5. The highest BCUT2D eigenvalue weighted by Crippen LogP contribution is 2.36. The van der Waals surface area contributed by atoms with Crippen molar-refractivity contribution in [1.29, 1.82) is 5.26 Å². The minimum atomic E-state index is -0.375. The molecule has 6 aromatic rings. The van der Waals surface area contributed by atoms with E-state index in [-0.39, 0.29) is 30.1 Å². The minimum absolute atomic E-state index is 0.181. The number of nitrogens with zero attached hydrogens (tertiary/aromatic N) is 5. The van der Waals surface area contributed by atoms with Gasteiger partial charge in [0, 0.05) is 51.1 Å². The summed E-state index contributed by atoms with van der Waals surface area (Å²) in [5, 5.41) is 17.8. The number of carbonyl (C=O) groups is 2. The molecule has 0 bridgehead atoms. The van der Waals surface area contributed by atoms with Crippen molar-refractivity contribution in [2.75, 3.05) is 6.61 Å². The van der Waals surface area contributed by atoms with E-state index in [0.29, 0.717) is 44.2 Å². The van der Waals surface area contributed by atoms with Crippen molar-refractivity contribution >= 4 is 81.8 Å². The molecule has 1 saturated heterocycles. The molecule has 2 aromatic carbocycles. The average Bonchev–Trinajstić information content (AvgIpc) is 3.38. The quantitative estimate of drug-likeness (QED) is 0.0797. The van der Waals surface area contributed by atoms with E-state index in [9.17, 15) is 9.59 Å². The molecule has 4 aromatic heterocycles. The van der Waals surface area contributed by atoms with Gasteiger partial charge in [0.25, 0.3) is 0 Å². The van der Waals surface area contributed by atoms with Crippen LogP contribution in [0.15, 0.2) is 85.2 Å². The van der Waals surface area contributed by atoms with Crippen molar-refractivity contribution < 1.29 is 24.0 Å². The molecule has 0 saturated carbocycles. The van der Waals surface area contributed by atoms with E-state index in [1.54, 1.807) is 36.7 Å². The number of aromatic nitrogens is 4. The number of aliphatic hydroxyl groups excluding tert-OH is 1. The number of aryl methyl sites for hydroxylation is 2. The highest BCUT2D eigenvalue weighted by Gasteiger charge is 2.52. The molecule has 1 aliphatic heterocycles. The molecule has 1 N–H and O–H groups in total. The molecule has 0 spiro atoms. The monoisotopic (exact) mass is 783 g/mol. The maximum Gasteiger partial charge on any atom is 0.496 e. The first-order valence-corrected chi connectivity index (χ1v) is 17.7. The van der Waals surface area contributed by atoms with E-state index >= 15 is 0 Å². The van der Waals surface area contributed by atoms with Crippen LogP contribution in [0.5, 0.6) is 0 Å². The SMILES string of the molecule is Cc1ncccc1-c1nc2c(Cl)cccc2cc1C=O.Cc1ncccc1B1OC(C)(C)C(C)(C)O1.N#CCO.O=Cc1cc2cccc(Cl)c2nc1Cl. The molecule has 276 valence electrons. The van der Waals surface area contributed by atoms with Crippen LogP contribution >= 0.6 is 34.8 Å². The van der Waals surface area contributed by atoms with Crippen molar-refractivity contribution in [3.63, 3.8) is 0 Å². The fraction of sp³-hybridized carbons (Fsp3) is 0.225. The van der Waals surface area contributed by atoms with Crippen molar-refractivity contribution in [3.8, 4) is 17.3 Å². The van der Waals surface area contributed by atoms with E-state index in [1.807, 2.05) is 62.4 Å². The average molecular weight is 785 g/mol. The Kier molecular flexibility index (Phi) is 14.4. The van der Waals surface area contributed by atoms with Crippen LogP contribution in [0.3, 0.4) is 0 Å². The number of nitriles is 1. The van der Waals surface area contributed by atoms with Crippen molar-refractivity contribution in [2.45, 2.75) is 52.7 Å². The third kappa shape index (κ3) is 9.84. The zero-order chi connectivity index (χ0) is 39.6. The molecule has 14 heteroatoms. The number of hydrogen-bond acceptors (Lipinski definition) is 10. The number of halogens is 3. The van der Waals surface area contributed by atoms with Crippen LogP contribution in [0.4, 0.5) is 0 Å². The summed E-state index contributed by atoms with van der Waals surface area (Å²) in [6, 6.07) is 23.5. The maximum absolute atomic E-state index is 11.3. The fourth-order valence-corrected chi connectivity index (χ4v) is 5.81. The summed E-state index contributed by atoms with van der Waals surface area (Å²) in [6.45, 7) is 11.7. The largest absolute Gasteiger partial charge is 0.496 e. The summed E-state index contributed by atoms with van der Waals surface area (Å²) in [6.07, 6.45) is 4.99. The minimum Gasteiger partial charge on any atom is -0.399 e. The van der Waals surface area contributed by atoms with Crippen LogP contribution in [-0.2, 0) is 9.31 Å². The standard InChI is InChI=1S/C16H11ClN2O.C12H18BNO2.C10H5Cl2NO.C2H3NO/c1-10-13(5-3-7-18-10)15-12(9-20)8-11-4-2-6-14(17)16(11)19-15;1-9-10(7-6-8-14-9)13-15-11(2,3)12(4,5)16-13;11-8-3-1-2-6-4-7(5-14)10(12)13-9(6)8;3-1-2-4/h2-9H,1H3;6-8H,1-5H3;1-5H;4H,2H2. The Morgan fingerprint density at radius 1 is 0.759 bits per heavy atom. The van der Waals surface area contributed by atoms with Gasteiger partial charge in [-0.3, -0.25) is 19.6 Å². The predicted molar refractivity (Wildman–Crippen MR) is 215 cm³/mol. The number of benzene rings is 2. The van der Waals surface area contributed by atoms with Crippen molar-refractivity contribution in [2.24, 2.45) is 0 Å².